The first-order chi connectivity index (χ1) is 28.2. The third-order valence-corrected chi connectivity index (χ3v) is 11.7. The SMILES string of the molecule is Cc1cc(OCCCc2c3n(c4c(-c5c(C)nn(C)c5C)c(Cl)ccc24)CCCN(Cc2cc(COc4ccccc4C(F)(F)F)cc(OC=O)c2)C3=O)cc(C)c1Cl. The lowest BCUT2D eigenvalue weighted by Gasteiger charge is -2.22. The molecule has 0 atom stereocenters. The van der Waals surface area contributed by atoms with Crippen LogP contribution in [0, 0.1) is 27.7 Å². The predicted molar refractivity (Wildman–Crippen MR) is 222 cm³/mol. The minimum absolute atomic E-state index is 0.134. The van der Waals surface area contributed by atoms with Crippen molar-refractivity contribution in [1.29, 1.82) is 0 Å². The molecule has 0 spiro atoms. The van der Waals surface area contributed by atoms with E-state index < -0.39 is 11.7 Å². The molecule has 308 valence electrons. The van der Waals surface area contributed by atoms with Gasteiger partial charge < -0.3 is 23.7 Å². The van der Waals surface area contributed by atoms with Gasteiger partial charge in [0.05, 0.1) is 28.4 Å². The molecule has 59 heavy (non-hydrogen) atoms. The summed E-state index contributed by atoms with van der Waals surface area (Å²) in [5.74, 6) is 0.369. The molecule has 3 heterocycles. The summed E-state index contributed by atoms with van der Waals surface area (Å²) < 4.78 is 62.1. The van der Waals surface area contributed by atoms with Crippen molar-refractivity contribution in [3.05, 3.63) is 127 Å². The Balaban J connectivity index is 1.25. The Bertz CT molecular complexity index is 2560. The quantitative estimate of drug-likeness (QED) is 0.0850. The van der Waals surface area contributed by atoms with Crippen molar-refractivity contribution in [2.45, 2.75) is 72.8 Å². The van der Waals surface area contributed by atoms with Crippen LogP contribution in [-0.4, -0.2) is 44.8 Å². The van der Waals surface area contributed by atoms with Crippen LogP contribution in [0.2, 0.25) is 10.0 Å². The second-order valence-electron chi connectivity index (χ2n) is 14.9. The lowest BCUT2D eigenvalue weighted by atomic mass is 9.98. The van der Waals surface area contributed by atoms with E-state index in [4.69, 9.17) is 37.4 Å². The Hall–Kier alpha value is -5.46. The first kappa shape index (κ1) is 41.7. The fourth-order valence-corrected chi connectivity index (χ4v) is 8.43. The van der Waals surface area contributed by atoms with Crippen LogP contribution in [-0.2, 0) is 44.1 Å². The summed E-state index contributed by atoms with van der Waals surface area (Å²) in [5, 5.41) is 6.85. The van der Waals surface area contributed by atoms with Crippen LogP contribution in [0.4, 0.5) is 13.2 Å². The Morgan fingerprint density at radius 2 is 1.61 bits per heavy atom. The summed E-state index contributed by atoms with van der Waals surface area (Å²) in [6.45, 7) is 9.33. The van der Waals surface area contributed by atoms with Crippen LogP contribution < -0.4 is 14.2 Å². The number of hydrogen-bond donors (Lipinski definition) is 0. The van der Waals surface area contributed by atoms with Gasteiger partial charge in [-0.15, -0.1) is 0 Å². The van der Waals surface area contributed by atoms with E-state index in [-0.39, 0.29) is 37.0 Å². The highest BCUT2D eigenvalue weighted by atomic mass is 35.5. The van der Waals surface area contributed by atoms with E-state index in [1.165, 1.54) is 24.3 Å². The van der Waals surface area contributed by atoms with Gasteiger partial charge in [-0.1, -0.05) is 47.5 Å². The van der Waals surface area contributed by atoms with Crippen LogP contribution >= 0.6 is 23.2 Å². The fraction of sp³-hybridized carbons (Fsp3) is 0.311. The number of para-hydroxylation sites is 1. The van der Waals surface area contributed by atoms with Crippen LogP contribution in [0.5, 0.6) is 17.2 Å². The molecule has 1 aliphatic heterocycles. The number of halogens is 5. The van der Waals surface area contributed by atoms with E-state index in [1.807, 2.05) is 63.7 Å². The smallest absolute Gasteiger partial charge is 0.419 e. The van der Waals surface area contributed by atoms with Gasteiger partial charge in [-0.25, -0.2) is 0 Å². The topological polar surface area (TPSA) is 87.8 Å². The molecule has 1 amide bonds. The number of aryl methyl sites for hydroxylation is 6. The van der Waals surface area contributed by atoms with Gasteiger partial charge in [0.1, 0.15) is 29.5 Å². The minimum Gasteiger partial charge on any atom is -0.494 e. The van der Waals surface area contributed by atoms with E-state index >= 15 is 0 Å². The van der Waals surface area contributed by atoms with Crippen LogP contribution in [0.3, 0.4) is 0 Å². The minimum atomic E-state index is -4.61. The normalized spacial score (nSPS) is 13.1. The lowest BCUT2D eigenvalue weighted by Crippen LogP contribution is -2.31. The van der Waals surface area contributed by atoms with Gasteiger partial charge in [0, 0.05) is 53.9 Å². The van der Waals surface area contributed by atoms with Gasteiger partial charge in [0.15, 0.2) is 0 Å². The summed E-state index contributed by atoms with van der Waals surface area (Å²) in [7, 11) is 1.89. The maximum atomic E-state index is 15.0. The highest BCUT2D eigenvalue weighted by molar-refractivity contribution is 6.35. The van der Waals surface area contributed by atoms with Gasteiger partial charge in [-0.05, 0) is 117 Å². The van der Waals surface area contributed by atoms with E-state index in [1.54, 1.807) is 17.0 Å². The molecule has 6 aromatic rings. The number of ether oxygens (including phenoxy) is 3. The molecule has 4 aromatic carbocycles. The van der Waals surface area contributed by atoms with Crippen molar-refractivity contribution >= 4 is 46.5 Å². The average Bonchev–Trinajstić information content (AvgIpc) is 3.57. The summed E-state index contributed by atoms with van der Waals surface area (Å²) in [5.41, 5.74) is 7.80. The number of fused-ring (bicyclic) bond motifs is 3. The van der Waals surface area contributed by atoms with E-state index in [9.17, 15) is 22.8 Å². The molecule has 0 aliphatic carbocycles. The molecule has 7 rings (SSSR count). The number of carbonyl (C=O) groups excluding carboxylic acids is 2. The third kappa shape index (κ3) is 8.52. The molecule has 0 saturated heterocycles. The first-order valence-corrected chi connectivity index (χ1v) is 20.0. The van der Waals surface area contributed by atoms with E-state index in [0.717, 1.165) is 61.9 Å². The molecular formula is C45H43Cl2F3N4O5. The Morgan fingerprint density at radius 3 is 2.31 bits per heavy atom. The van der Waals surface area contributed by atoms with Crippen molar-refractivity contribution in [3.8, 4) is 28.4 Å². The zero-order valence-corrected chi connectivity index (χ0v) is 34.8. The molecule has 14 heteroatoms. The molecule has 0 radical (unpaired) electrons. The Labute approximate surface area is 350 Å². The fourth-order valence-electron chi connectivity index (χ4n) is 8.07. The number of carbonyl (C=O) groups is 2. The third-order valence-electron chi connectivity index (χ3n) is 10.8. The van der Waals surface area contributed by atoms with Gasteiger partial charge in [0.2, 0.25) is 0 Å². The number of benzene rings is 4. The summed E-state index contributed by atoms with van der Waals surface area (Å²) in [6.07, 6.45) is -2.86. The Kier molecular flexibility index (Phi) is 12.0. The standard InChI is InChI=1S/C45H43Cl2F3N4O5/c1-26-18-32(19-27(2)41(26)47)57-17-8-10-34-35-13-14-37(46)40(39-28(3)51-52(5)29(39)4)42(35)54-16-9-15-53(44(56)43(34)54)23-30-20-31(22-33(21-30)59-25-55)24-58-38-12-7-6-11-36(38)45(48,49)50/h6-7,11-14,18-22,25H,8-10,15-17,23-24H2,1-5H3. The molecule has 0 bridgehead atoms. The van der Waals surface area contributed by atoms with Crippen molar-refractivity contribution < 1.29 is 37.0 Å². The number of aromatic nitrogens is 3. The van der Waals surface area contributed by atoms with Gasteiger partial charge in [-0.2, -0.15) is 18.3 Å². The number of rotatable bonds is 13. The summed E-state index contributed by atoms with van der Waals surface area (Å²) in [4.78, 5) is 28.2. The van der Waals surface area contributed by atoms with Crippen LogP contribution in [0.1, 0.15) is 68.1 Å². The maximum Gasteiger partial charge on any atom is 0.419 e. The van der Waals surface area contributed by atoms with Crippen molar-refractivity contribution in [2.24, 2.45) is 7.05 Å². The summed E-state index contributed by atoms with van der Waals surface area (Å²) >= 11 is 13.5. The zero-order valence-electron chi connectivity index (χ0n) is 33.3. The highest BCUT2D eigenvalue weighted by Gasteiger charge is 2.35. The Morgan fingerprint density at radius 1 is 0.881 bits per heavy atom. The average molecular weight is 848 g/mol. The van der Waals surface area contributed by atoms with Crippen LogP contribution in [0.15, 0.2) is 66.7 Å². The monoisotopic (exact) mass is 846 g/mol. The van der Waals surface area contributed by atoms with Crippen LogP contribution in [0.25, 0.3) is 22.0 Å². The number of amides is 1. The number of alkyl halides is 3. The lowest BCUT2D eigenvalue weighted by molar-refractivity contribution is -0.139. The molecule has 0 saturated carbocycles. The molecule has 1 aliphatic rings. The second kappa shape index (κ2) is 17.0. The van der Waals surface area contributed by atoms with E-state index in [0.29, 0.717) is 65.8 Å². The van der Waals surface area contributed by atoms with E-state index in [2.05, 4.69) is 9.67 Å². The van der Waals surface area contributed by atoms with Gasteiger partial charge in [0.25, 0.3) is 12.4 Å². The summed E-state index contributed by atoms with van der Waals surface area (Å²) in [6, 6.07) is 17.6. The zero-order chi connectivity index (χ0) is 42.2. The van der Waals surface area contributed by atoms with Crippen molar-refractivity contribution in [1.82, 2.24) is 19.2 Å². The van der Waals surface area contributed by atoms with Gasteiger partial charge >= 0.3 is 6.18 Å². The molecule has 0 N–H and O–H groups in total. The maximum absolute atomic E-state index is 15.0. The van der Waals surface area contributed by atoms with Gasteiger partial charge in [-0.3, -0.25) is 14.3 Å². The predicted octanol–water partition coefficient (Wildman–Crippen LogP) is 10.8. The largest absolute Gasteiger partial charge is 0.494 e. The highest BCUT2D eigenvalue weighted by Crippen LogP contribution is 2.43. The molecule has 0 unspecified atom stereocenters. The molecule has 0 fully saturated rings. The molecule has 2 aromatic heterocycles. The molecule has 9 nitrogen and oxygen atoms in total. The second-order valence-corrected chi connectivity index (χ2v) is 15.6. The molecular weight excluding hydrogens is 804 g/mol. The number of hydrogen-bond acceptors (Lipinski definition) is 6. The van der Waals surface area contributed by atoms with Crippen molar-refractivity contribution in [2.75, 3.05) is 13.2 Å². The van der Waals surface area contributed by atoms with Crippen molar-refractivity contribution in [3.63, 3.8) is 0 Å². The number of nitrogens with zero attached hydrogens (tertiary/aromatic N) is 4. The first-order valence-electron chi connectivity index (χ1n) is 19.2.